The van der Waals surface area contributed by atoms with Gasteiger partial charge in [-0.2, -0.15) is 12.6 Å². The van der Waals surface area contributed by atoms with Crippen LogP contribution in [0.1, 0.15) is 12.0 Å². The Balaban J connectivity index is 1.87. The molecule has 0 bridgehead atoms. The largest absolute Gasteiger partial charge is 0.459 e. The second-order valence-corrected chi connectivity index (χ2v) is 7.93. The zero-order chi connectivity index (χ0) is 20.3. The number of likely N-dealkylation sites (N-methyl/N-ethyl adjacent to an activating group) is 1. The molecule has 0 spiro atoms. The van der Waals surface area contributed by atoms with E-state index in [0.29, 0.717) is 31.2 Å². The van der Waals surface area contributed by atoms with Crippen LogP contribution in [-0.4, -0.2) is 82.3 Å². The first-order valence-corrected chi connectivity index (χ1v) is 9.65. The normalized spacial score (nSPS) is 25.6. The van der Waals surface area contributed by atoms with Gasteiger partial charge >= 0.3 is 5.97 Å². The molecule has 0 N–H and O–H groups in total. The van der Waals surface area contributed by atoms with Crippen molar-refractivity contribution in [1.29, 1.82) is 0 Å². The van der Waals surface area contributed by atoms with Gasteiger partial charge in [-0.05, 0) is 12.6 Å². The molecule has 28 heavy (non-hydrogen) atoms. The molecule has 3 rings (SSSR count). The van der Waals surface area contributed by atoms with Crippen LogP contribution in [0.2, 0.25) is 0 Å². The van der Waals surface area contributed by atoms with Crippen molar-refractivity contribution < 1.29 is 19.4 Å². The lowest BCUT2D eigenvalue weighted by Crippen LogP contribution is -2.65. The first-order valence-electron chi connectivity index (χ1n) is 9.13. The number of nitro groups is 1. The van der Waals surface area contributed by atoms with Crippen molar-refractivity contribution in [2.24, 2.45) is 0 Å². The van der Waals surface area contributed by atoms with E-state index >= 15 is 0 Å². The fourth-order valence-corrected chi connectivity index (χ4v) is 4.08. The molecule has 0 unspecified atom stereocenters. The quantitative estimate of drug-likeness (QED) is 0.248. The van der Waals surface area contributed by atoms with Gasteiger partial charge in [-0.3, -0.25) is 4.79 Å². The van der Waals surface area contributed by atoms with Crippen LogP contribution in [0.15, 0.2) is 30.3 Å². The van der Waals surface area contributed by atoms with E-state index in [1.54, 1.807) is 24.3 Å². The van der Waals surface area contributed by atoms with E-state index in [0.717, 1.165) is 5.56 Å². The van der Waals surface area contributed by atoms with E-state index in [2.05, 4.69) is 17.5 Å². The SMILES string of the molecule is CN1CCN(C(=O)[C@]2(C(=O)OCc3ccccc3)C[C@H](S)CN2[N+](=O)[O-])CC1. The van der Waals surface area contributed by atoms with Crippen LogP contribution < -0.4 is 0 Å². The third kappa shape index (κ3) is 3.93. The Labute approximate surface area is 168 Å². The summed E-state index contributed by atoms with van der Waals surface area (Å²) in [7, 11) is 1.94. The summed E-state index contributed by atoms with van der Waals surface area (Å²) in [5.74, 6) is -1.47. The number of thiol groups is 1. The van der Waals surface area contributed by atoms with E-state index in [1.165, 1.54) is 4.90 Å². The van der Waals surface area contributed by atoms with E-state index in [9.17, 15) is 19.7 Å². The molecule has 2 heterocycles. The Morgan fingerprint density at radius 1 is 1.25 bits per heavy atom. The van der Waals surface area contributed by atoms with Crippen molar-refractivity contribution in [2.75, 3.05) is 39.8 Å². The summed E-state index contributed by atoms with van der Waals surface area (Å²) in [6.45, 7) is 1.95. The number of benzene rings is 1. The first-order chi connectivity index (χ1) is 13.3. The van der Waals surface area contributed by atoms with Crippen molar-refractivity contribution in [3.05, 3.63) is 46.0 Å². The van der Waals surface area contributed by atoms with E-state index in [4.69, 9.17) is 4.74 Å². The maximum atomic E-state index is 13.4. The summed E-state index contributed by atoms with van der Waals surface area (Å²) >= 11 is 4.33. The predicted octanol–water partition coefficient (Wildman–Crippen LogP) is 0.438. The molecule has 152 valence electrons. The molecular formula is C18H24N4O5S. The molecule has 2 aliphatic heterocycles. The second kappa shape index (κ2) is 8.36. The van der Waals surface area contributed by atoms with E-state index in [1.807, 2.05) is 13.1 Å². The fourth-order valence-electron chi connectivity index (χ4n) is 3.66. The maximum Gasteiger partial charge on any atom is 0.348 e. The lowest BCUT2D eigenvalue weighted by molar-refractivity contribution is -0.662. The average Bonchev–Trinajstić information content (AvgIpc) is 3.06. The van der Waals surface area contributed by atoms with Crippen LogP contribution in [-0.2, 0) is 20.9 Å². The number of ether oxygens (including phenoxy) is 1. The number of carbonyl (C=O) groups excluding carboxylic acids is 2. The number of amides is 1. The molecule has 9 nitrogen and oxygen atoms in total. The number of nitrogens with zero attached hydrogens (tertiary/aromatic N) is 4. The number of piperazine rings is 1. The van der Waals surface area contributed by atoms with Gasteiger partial charge in [0.15, 0.2) is 5.03 Å². The monoisotopic (exact) mass is 408 g/mol. The van der Waals surface area contributed by atoms with E-state index < -0.39 is 27.7 Å². The Morgan fingerprint density at radius 2 is 1.89 bits per heavy atom. The Bertz CT molecular complexity index is 741. The maximum absolute atomic E-state index is 13.4. The predicted molar refractivity (Wildman–Crippen MR) is 104 cm³/mol. The molecule has 2 fully saturated rings. The van der Waals surface area contributed by atoms with Crippen LogP contribution in [0.3, 0.4) is 0 Å². The van der Waals surface area contributed by atoms with Crippen LogP contribution >= 0.6 is 12.6 Å². The molecule has 10 heteroatoms. The molecule has 0 aromatic heterocycles. The van der Waals surface area contributed by atoms with Gasteiger partial charge < -0.3 is 14.5 Å². The van der Waals surface area contributed by atoms with Gasteiger partial charge in [-0.1, -0.05) is 30.3 Å². The van der Waals surface area contributed by atoms with Gasteiger partial charge in [0.1, 0.15) is 6.61 Å². The number of carbonyl (C=O) groups is 2. The molecular weight excluding hydrogens is 384 g/mol. The van der Waals surface area contributed by atoms with Gasteiger partial charge in [0.05, 0.1) is 6.54 Å². The molecule has 0 aliphatic carbocycles. The zero-order valence-corrected chi connectivity index (χ0v) is 16.6. The standard InChI is InChI=1S/C18H24N4O5S/c1-19-7-9-20(10-8-19)16(23)18(11-15(28)12-21(18)22(25)26)17(24)27-13-14-5-3-2-4-6-14/h2-6,15,28H,7-13H2,1H3/t15-,18-/m0/s1. The average molecular weight is 408 g/mol. The molecule has 1 aromatic rings. The molecule has 2 atom stereocenters. The minimum absolute atomic E-state index is 0.0553. The van der Waals surface area contributed by atoms with E-state index in [-0.39, 0.29) is 19.6 Å². The molecule has 1 amide bonds. The van der Waals surface area contributed by atoms with Gasteiger partial charge in [-0.15, -0.1) is 5.01 Å². The molecule has 2 saturated heterocycles. The highest BCUT2D eigenvalue weighted by atomic mass is 32.1. The van der Waals surface area contributed by atoms with Crippen LogP contribution in [0.25, 0.3) is 0 Å². The number of rotatable bonds is 5. The molecule has 2 aliphatic rings. The Kier molecular flexibility index (Phi) is 6.09. The fraction of sp³-hybridized carbons (Fsp3) is 0.556. The van der Waals surface area contributed by atoms with Crippen molar-refractivity contribution >= 4 is 24.5 Å². The van der Waals surface area contributed by atoms with Gasteiger partial charge in [0, 0.05) is 37.8 Å². The van der Waals surface area contributed by atoms with Crippen molar-refractivity contribution in [2.45, 2.75) is 23.8 Å². The molecule has 1 aromatic carbocycles. The lowest BCUT2D eigenvalue weighted by atomic mass is 9.94. The first kappa shape index (κ1) is 20.4. The summed E-state index contributed by atoms with van der Waals surface area (Å²) in [5.41, 5.74) is -1.24. The Hall–Kier alpha value is -2.33. The van der Waals surface area contributed by atoms with Gasteiger partial charge in [-0.25, -0.2) is 14.9 Å². The van der Waals surface area contributed by atoms with Gasteiger partial charge in [0.25, 0.3) is 11.4 Å². The highest BCUT2D eigenvalue weighted by Gasteiger charge is 2.64. The number of hydrazine groups is 1. The summed E-state index contributed by atoms with van der Waals surface area (Å²) < 4.78 is 5.40. The van der Waals surface area contributed by atoms with Crippen LogP contribution in [0.5, 0.6) is 0 Å². The third-order valence-electron chi connectivity index (χ3n) is 5.25. The topological polar surface area (TPSA) is 96.2 Å². The smallest absolute Gasteiger partial charge is 0.348 e. The lowest BCUT2D eigenvalue weighted by Gasteiger charge is -2.38. The third-order valence-corrected chi connectivity index (χ3v) is 5.59. The summed E-state index contributed by atoms with van der Waals surface area (Å²) in [5, 5.41) is 11.2. The molecule has 0 radical (unpaired) electrons. The van der Waals surface area contributed by atoms with Crippen molar-refractivity contribution in [3.63, 3.8) is 0 Å². The van der Waals surface area contributed by atoms with Crippen LogP contribution in [0.4, 0.5) is 0 Å². The highest BCUT2D eigenvalue weighted by Crippen LogP contribution is 2.36. The summed E-state index contributed by atoms with van der Waals surface area (Å²) in [6.07, 6.45) is -0.0596. The zero-order valence-electron chi connectivity index (χ0n) is 15.7. The Morgan fingerprint density at radius 3 is 2.50 bits per heavy atom. The van der Waals surface area contributed by atoms with Gasteiger partial charge in [0.2, 0.25) is 0 Å². The minimum atomic E-state index is -1.99. The number of esters is 1. The second-order valence-electron chi connectivity index (χ2n) is 7.20. The van der Waals surface area contributed by atoms with Crippen molar-refractivity contribution in [1.82, 2.24) is 14.8 Å². The minimum Gasteiger partial charge on any atom is -0.459 e. The summed E-state index contributed by atoms with van der Waals surface area (Å²) in [6, 6.07) is 9.00. The van der Waals surface area contributed by atoms with Crippen LogP contribution in [0, 0.1) is 10.1 Å². The summed E-state index contributed by atoms with van der Waals surface area (Å²) in [4.78, 5) is 41.7. The van der Waals surface area contributed by atoms with Crippen molar-refractivity contribution in [3.8, 4) is 0 Å². The number of hydrogen-bond acceptors (Lipinski definition) is 7. The molecule has 0 saturated carbocycles. The number of hydrogen-bond donors (Lipinski definition) is 1. The highest BCUT2D eigenvalue weighted by molar-refractivity contribution is 7.81.